The molecule has 0 unspecified atom stereocenters. The van der Waals surface area contributed by atoms with Crippen molar-refractivity contribution in [1.29, 1.82) is 0 Å². The predicted molar refractivity (Wildman–Crippen MR) is 42.9 cm³/mol. The molecular formula is C8H13F2NO3. The minimum Gasteiger partial charge on any atom is -0.395 e. The average Bonchev–Trinajstić information content (AvgIpc) is 2.53. The largest absolute Gasteiger partial charge is 0.395 e. The van der Waals surface area contributed by atoms with Gasteiger partial charge in [0.05, 0.1) is 18.8 Å². The van der Waals surface area contributed by atoms with Gasteiger partial charge in [-0.25, -0.2) is 8.78 Å². The van der Waals surface area contributed by atoms with Crippen LogP contribution in [0.2, 0.25) is 0 Å². The van der Waals surface area contributed by atoms with E-state index in [-0.39, 0.29) is 13.0 Å². The minimum absolute atomic E-state index is 0.108. The fraction of sp³-hybridized carbons (Fsp3) is 1.00. The van der Waals surface area contributed by atoms with E-state index in [0.29, 0.717) is 0 Å². The Morgan fingerprint density at radius 2 is 1.93 bits per heavy atom. The van der Waals surface area contributed by atoms with E-state index in [0.717, 1.165) is 0 Å². The van der Waals surface area contributed by atoms with Crippen molar-refractivity contribution in [3.63, 3.8) is 0 Å². The lowest BCUT2D eigenvalue weighted by atomic mass is 10.0. The number of hydrogen-bond acceptors (Lipinski definition) is 4. The second kappa shape index (κ2) is 3.10. The number of rotatable bonds is 1. The van der Waals surface area contributed by atoms with Crippen LogP contribution in [0, 0.1) is 0 Å². The molecule has 2 fully saturated rings. The van der Waals surface area contributed by atoms with Gasteiger partial charge in [0.15, 0.2) is 0 Å². The molecule has 82 valence electrons. The first-order valence-electron chi connectivity index (χ1n) is 4.59. The van der Waals surface area contributed by atoms with Gasteiger partial charge in [0.2, 0.25) is 0 Å². The van der Waals surface area contributed by atoms with Crippen LogP contribution in [0.1, 0.15) is 6.42 Å². The standard InChI is InChI=1S/C8H13F2NO3/c9-8(10)1-2-11-4(3-12)5(13)6(14)7(8)11/h4-7,12-14H,1-3H2/t4-,5-,6+,7+/m1/s1. The monoisotopic (exact) mass is 209 g/mol. The van der Waals surface area contributed by atoms with Crippen LogP contribution in [-0.4, -0.2) is 63.6 Å². The zero-order valence-electron chi connectivity index (χ0n) is 7.48. The number of aliphatic hydroxyl groups excluding tert-OH is 3. The number of halogens is 2. The molecule has 0 saturated carbocycles. The summed E-state index contributed by atoms with van der Waals surface area (Å²) in [6.07, 6.45) is -3.07. The maximum absolute atomic E-state index is 13.2. The highest BCUT2D eigenvalue weighted by atomic mass is 19.3. The molecule has 0 aromatic rings. The Labute approximate surface area is 79.8 Å². The van der Waals surface area contributed by atoms with E-state index < -0.39 is 36.8 Å². The molecule has 14 heavy (non-hydrogen) atoms. The molecule has 2 aliphatic rings. The lowest BCUT2D eigenvalue weighted by molar-refractivity contribution is -0.0734. The SMILES string of the molecule is OC[C@@H]1[C@@H](O)[C@H](O)[C@@H]2N1CCC2(F)F. The summed E-state index contributed by atoms with van der Waals surface area (Å²) < 4.78 is 26.5. The van der Waals surface area contributed by atoms with Gasteiger partial charge in [-0.15, -0.1) is 0 Å². The zero-order valence-corrected chi connectivity index (χ0v) is 7.48. The topological polar surface area (TPSA) is 63.9 Å². The van der Waals surface area contributed by atoms with Crippen LogP contribution in [0.15, 0.2) is 0 Å². The summed E-state index contributed by atoms with van der Waals surface area (Å²) in [6, 6.07) is -2.10. The summed E-state index contributed by atoms with van der Waals surface area (Å²) in [5.74, 6) is -2.97. The number of aliphatic hydroxyl groups is 3. The molecule has 0 aromatic carbocycles. The fourth-order valence-corrected chi connectivity index (χ4v) is 2.45. The molecule has 4 atom stereocenters. The van der Waals surface area contributed by atoms with Crippen LogP contribution in [0.25, 0.3) is 0 Å². The third-order valence-electron chi connectivity index (χ3n) is 3.17. The van der Waals surface area contributed by atoms with Gasteiger partial charge < -0.3 is 15.3 Å². The Balaban J connectivity index is 2.26. The molecule has 0 spiro atoms. The summed E-state index contributed by atoms with van der Waals surface area (Å²) >= 11 is 0. The van der Waals surface area contributed by atoms with Crippen molar-refractivity contribution in [3.8, 4) is 0 Å². The van der Waals surface area contributed by atoms with Gasteiger partial charge in [0, 0.05) is 13.0 Å². The lowest BCUT2D eigenvalue weighted by Gasteiger charge is -2.23. The minimum atomic E-state index is -2.97. The molecule has 3 N–H and O–H groups in total. The van der Waals surface area contributed by atoms with Crippen molar-refractivity contribution in [2.45, 2.75) is 36.6 Å². The van der Waals surface area contributed by atoms with Crippen LogP contribution in [-0.2, 0) is 0 Å². The van der Waals surface area contributed by atoms with E-state index >= 15 is 0 Å². The van der Waals surface area contributed by atoms with E-state index in [2.05, 4.69) is 0 Å². The highest BCUT2D eigenvalue weighted by Crippen LogP contribution is 2.42. The molecule has 2 saturated heterocycles. The summed E-state index contributed by atoms with van der Waals surface area (Å²) in [7, 11) is 0. The highest BCUT2D eigenvalue weighted by Gasteiger charge is 2.61. The molecule has 6 heteroatoms. The molecule has 0 aliphatic carbocycles. The van der Waals surface area contributed by atoms with Gasteiger partial charge in [0.25, 0.3) is 5.92 Å². The van der Waals surface area contributed by atoms with Crippen LogP contribution in [0.3, 0.4) is 0 Å². The second-order valence-corrected chi connectivity index (χ2v) is 3.92. The molecule has 0 bridgehead atoms. The lowest BCUT2D eigenvalue weighted by Crippen LogP contribution is -2.43. The van der Waals surface area contributed by atoms with Crippen LogP contribution >= 0.6 is 0 Å². The first-order chi connectivity index (χ1) is 6.49. The van der Waals surface area contributed by atoms with E-state index in [1.165, 1.54) is 4.90 Å². The molecular weight excluding hydrogens is 196 g/mol. The Morgan fingerprint density at radius 1 is 1.29 bits per heavy atom. The van der Waals surface area contributed by atoms with Crippen molar-refractivity contribution in [3.05, 3.63) is 0 Å². The number of alkyl halides is 2. The van der Waals surface area contributed by atoms with Gasteiger partial charge in [-0.05, 0) is 0 Å². The third kappa shape index (κ3) is 1.18. The summed E-state index contributed by atoms with van der Waals surface area (Å²) in [5, 5.41) is 27.7. The molecule has 0 aromatic heterocycles. The highest BCUT2D eigenvalue weighted by molar-refractivity contribution is 5.10. The van der Waals surface area contributed by atoms with Crippen molar-refractivity contribution < 1.29 is 24.1 Å². The van der Waals surface area contributed by atoms with E-state index in [9.17, 15) is 19.0 Å². The number of fused-ring (bicyclic) bond motifs is 1. The summed E-state index contributed by atoms with van der Waals surface area (Å²) in [5.41, 5.74) is 0. The van der Waals surface area contributed by atoms with Crippen LogP contribution < -0.4 is 0 Å². The Bertz CT molecular complexity index is 239. The zero-order chi connectivity index (χ0) is 10.5. The molecule has 4 nitrogen and oxygen atoms in total. The molecule has 2 rings (SSSR count). The first-order valence-corrected chi connectivity index (χ1v) is 4.59. The van der Waals surface area contributed by atoms with Crippen LogP contribution in [0.5, 0.6) is 0 Å². The quantitative estimate of drug-likeness (QED) is 0.507. The van der Waals surface area contributed by atoms with Gasteiger partial charge in [0.1, 0.15) is 12.1 Å². The van der Waals surface area contributed by atoms with Gasteiger partial charge in [-0.2, -0.15) is 0 Å². The van der Waals surface area contributed by atoms with E-state index in [1.54, 1.807) is 0 Å². The van der Waals surface area contributed by atoms with E-state index in [1.807, 2.05) is 0 Å². The van der Waals surface area contributed by atoms with E-state index in [4.69, 9.17) is 5.11 Å². The Hall–Kier alpha value is -0.300. The molecule has 2 aliphatic heterocycles. The van der Waals surface area contributed by atoms with Crippen LogP contribution in [0.4, 0.5) is 8.78 Å². The number of hydrogen-bond donors (Lipinski definition) is 3. The molecule has 2 heterocycles. The third-order valence-corrected chi connectivity index (χ3v) is 3.17. The Morgan fingerprint density at radius 3 is 2.50 bits per heavy atom. The smallest absolute Gasteiger partial charge is 0.267 e. The fourth-order valence-electron chi connectivity index (χ4n) is 2.45. The maximum Gasteiger partial charge on any atom is 0.267 e. The van der Waals surface area contributed by atoms with Crippen molar-refractivity contribution in [2.75, 3.05) is 13.2 Å². The molecule has 0 amide bonds. The van der Waals surface area contributed by atoms with Gasteiger partial charge >= 0.3 is 0 Å². The second-order valence-electron chi connectivity index (χ2n) is 3.92. The van der Waals surface area contributed by atoms with Crippen molar-refractivity contribution in [2.24, 2.45) is 0 Å². The first kappa shape index (κ1) is 10.2. The molecule has 0 radical (unpaired) electrons. The maximum atomic E-state index is 13.2. The predicted octanol–water partition coefficient (Wildman–Crippen LogP) is -1.21. The van der Waals surface area contributed by atoms with Gasteiger partial charge in [-0.3, -0.25) is 4.90 Å². The van der Waals surface area contributed by atoms with Crippen molar-refractivity contribution in [1.82, 2.24) is 4.90 Å². The van der Waals surface area contributed by atoms with Crippen molar-refractivity contribution >= 4 is 0 Å². The number of nitrogens with zero attached hydrogens (tertiary/aromatic N) is 1. The Kier molecular flexibility index (Phi) is 2.26. The average molecular weight is 209 g/mol. The van der Waals surface area contributed by atoms with Gasteiger partial charge in [-0.1, -0.05) is 0 Å². The normalized spacial score (nSPS) is 46.9. The summed E-state index contributed by atoms with van der Waals surface area (Å²) in [4.78, 5) is 1.30. The summed E-state index contributed by atoms with van der Waals surface area (Å²) in [6.45, 7) is -0.304.